The zero-order valence-electron chi connectivity index (χ0n) is 16.5. The Bertz CT molecular complexity index is 802. The molecule has 6 heteroatoms. The molecule has 2 aromatic rings. The van der Waals surface area contributed by atoms with Crippen LogP contribution in [0.1, 0.15) is 38.8 Å². The first kappa shape index (κ1) is 21.8. The van der Waals surface area contributed by atoms with Gasteiger partial charge in [-0.1, -0.05) is 52.3 Å². The van der Waals surface area contributed by atoms with Crippen molar-refractivity contribution >= 4 is 28.0 Å². The number of esters is 1. The minimum absolute atomic E-state index is 0.0453. The minimum Gasteiger partial charge on any atom is -0.458 e. The molecule has 0 bridgehead atoms. The summed E-state index contributed by atoms with van der Waals surface area (Å²) in [5, 5.41) is 0. The highest BCUT2D eigenvalue weighted by Gasteiger charge is 2.31. The normalized spacial score (nSPS) is 11.9. The Hall–Kier alpha value is -2.52. The number of nitrogens with zero attached hydrogens (tertiary/aromatic N) is 1. The molecular formula is C22H24BrNO4. The molecule has 28 heavy (non-hydrogen) atoms. The first-order valence-electron chi connectivity index (χ1n) is 8.94. The Morgan fingerprint density at radius 1 is 1.18 bits per heavy atom. The van der Waals surface area contributed by atoms with Crippen molar-refractivity contribution in [3.8, 4) is 0 Å². The highest BCUT2D eigenvalue weighted by atomic mass is 79.9. The van der Waals surface area contributed by atoms with Crippen molar-refractivity contribution in [3.63, 3.8) is 0 Å². The topological polar surface area (TPSA) is 55.8 Å². The third-order valence-corrected chi connectivity index (χ3v) is 4.58. The summed E-state index contributed by atoms with van der Waals surface area (Å²) in [6.45, 7) is 7.24. The first-order chi connectivity index (χ1) is 13.2. The molecule has 0 aliphatic carbocycles. The van der Waals surface area contributed by atoms with Gasteiger partial charge in [-0.3, -0.25) is 4.90 Å². The van der Waals surface area contributed by atoms with Crippen LogP contribution in [0, 0.1) is 12.1 Å². The van der Waals surface area contributed by atoms with E-state index in [-0.39, 0.29) is 13.2 Å². The molecule has 0 fully saturated rings. The van der Waals surface area contributed by atoms with E-state index in [0.717, 1.165) is 10.0 Å². The van der Waals surface area contributed by atoms with Gasteiger partial charge in [0.05, 0.1) is 6.54 Å². The van der Waals surface area contributed by atoms with Crippen molar-refractivity contribution in [2.24, 2.45) is 0 Å². The molecule has 2 aromatic carbocycles. The molecule has 0 saturated carbocycles. The van der Waals surface area contributed by atoms with Crippen LogP contribution in [-0.2, 0) is 27.4 Å². The zero-order chi connectivity index (χ0) is 20.7. The van der Waals surface area contributed by atoms with Gasteiger partial charge in [0.15, 0.2) is 0 Å². The molecule has 0 aliphatic heterocycles. The van der Waals surface area contributed by atoms with E-state index >= 15 is 0 Å². The maximum atomic E-state index is 12.8. The fraction of sp³-hybridized carbons (Fsp3) is 0.364. The van der Waals surface area contributed by atoms with Crippen molar-refractivity contribution in [3.05, 3.63) is 70.2 Å². The average Bonchev–Trinajstić information content (AvgIpc) is 2.64. The summed E-state index contributed by atoms with van der Waals surface area (Å²) in [6.07, 6.45) is -0.605. The van der Waals surface area contributed by atoms with Gasteiger partial charge in [0.1, 0.15) is 18.2 Å². The van der Waals surface area contributed by atoms with E-state index in [1.807, 2.05) is 24.3 Å². The van der Waals surface area contributed by atoms with Gasteiger partial charge in [0.25, 0.3) is 0 Å². The molecule has 0 aliphatic rings. The van der Waals surface area contributed by atoms with Gasteiger partial charge >= 0.3 is 12.1 Å². The van der Waals surface area contributed by atoms with Gasteiger partial charge in [-0.05, 0) is 51.5 Å². The summed E-state index contributed by atoms with van der Waals surface area (Å²) < 4.78 is 11.7. The lowest BCUT2D eigenvalue weighted by molar-refractivity contribution is -0.160. The number of hydrogen-bond acceptors (Lipinski definition) is 4. The van der Waals surface area contributed by atoms with Crippen LogP contribution < -0.4 is 0 Å². The van der Waals surface area contributed by atoms with Crippen LogP contribution in [0.4, 0.5) is 4.79 Å². The second-order valence-corrected chi connectivity index (χ2v) is 8.16. The van der Waals surface area contributed by atoms with Crippen molar-refractivity contribution in [2.45, 2.75) is 52.5 Å². The predicted octanol–water partition coefficient (Wildman–Crippen LogP) is 4.92. The van der Waals surface area contributed by atoms with Crippen LogP contribution in [0.25, 0.3) is 0 Å². The molecule has 0 aromatic heterocycles. The number of hydrogen-bond donors (Lipinski definition) is 0. The number of ether oxygens (including phenoxy) is 2. The van der Waals surface area contributed by atoms with E-state index in [1.54, 1.807) is 45.9 Å². The van der Waals surface area contributed by atoms with Crippen LogP contribution in [0.3, 0.4) is 0 Å². The molecular weight excluding hydrogens is 422 g/mol. The molecule has 0 heterocycles. The number of rotatable bonds is 6. The van der Waals surface area contributed by atoms with Crippen molar-refractivity contribution in [2.75, 3.05) is 0 Å². The third kappa shape index (κ3) is 6.58. The predicted molar refractivity (Wildman–Crippen MR) is 109 cm³/mol. The number of benzene rings is 1. The maximum Gasteiger partial charge on any atom is 0.411 e. The third-order valence-electron chi connectivity index (χ3n) is 3.81. The molecule has 148 valence electrons. The quantitative estimate of drug-likeness (QED) is 0.592. The molecule has 2 rings (SSSR count). The van der Waals surface area contributed by atoms with Gasteiger partial charge in [-0.25, -0.2) is 9.59 Å². The van der Waals surface area contributed by atoms with Crippen LogP contribution in [-0.4, -0.2) is 28.6 Å². The molecule has 1 atom stereocenters. The van der Waals surface area contributed by atoms with Crippen LogP contribution in [0.15, 0.2) is 46.9 Å². The Labute approximate surface area is 174 Å². The van der Waals surface area contributed by atoms with Crippen LogP contribution in [0.5, 0.6) is 0 Å². The zero-order valence-corrected chi connectivity index (χ0v) is 18.1. The number of carbonyl (C=O) groups excluding carboxylic acids is 2. The Morgan fingerprint density at radius 2 is 1.89 bits per heavy atom. The fourth-order valence-corrected chi connectivity index (χ4v) is 2.79. The lowest BCUT2D eigenvalue weighted by atomic mass is 10.1. The first-order valence-corrected chi connectivity index (χ1v) is 9.73. The smallest absolute Gasteiger partial charge is 0.411 e. The summed E-state index contributed by atoms with van der Waals surface area (Å²) in [4.78, 5) is 26.7. The van der Waals surface area contributed by atoms with E-state index in [4.69, 9.17) is 9.47 Å². The number of halogens is 1. The molecule has 0 spiro atoms. The summed E-state index contributed by atoms with van der Waals surface area (Å²) in [6, 6.07) is 17.7. The molecule has 5 nitrogen and oxygen atoms in total. The van der Waals surface area contributed by atoms with Gasteiger partial charge in [-0.15, -0.1) is 0 Å². The van der Waals surface area contributed by atoms with Crippen LogP contribution in [0.2, 0.25) is 0 Å². The monoisotopic (exact) mass is 445 g/mol. The molecule has 1 amide bonds. The van der Waals surface area contributed by atoms with Gasteiger partial charge in [0, 0.05) is 10.0 Å². The van der Waals surface area contributed by atoms with E-state index in [9.17, 15) is 9.59 Å². The van der Waals surface area contributed by atoms with E-state index < -0.39 is 23.7 Å². The van der Waals surface area contributed by atoms with E-state index in [0.29, 0.717) is 5.56 Å². The van der Waals surface area contributed by atoms with Gasteiger partial charge in [0.2, 0.25) is 0 Å². The van der Waals surface area contributed by atoms with Gasteiger partial charge in [-0.2, -0.15) is 0 Å². The van der Waals surface area contributed by atoms with Gasteiger partial charge < -0.3 is 9.47 Å². The van der Waals surface area contributed by atoms with Crippen molar-refractivity contribution in [1.29, 1.82) is 0 Å². The summed E-state index contributed by atoms with van der Waals surface area (Å²) in [5.41, 5.74) is 0.902. The van der Waals surface area contributed by atoms with E-state index in [2.05, 4.69) is 28.1 Å². The standard InChI is InChI=1S/C22H24BrNO4/c1-16(20(25)28-22(2,3)4)24(14-18-12-8-9-13-19(18)23)21(26)27-15-17-10-6-5-7-11-17/h5-6,8-10,12-13,16H,14-15H2,1-4H3. The minimum atomic E-state index is -0.815. The number of carbonyl (C=O) groups is 2. The Morgan fingerprint density at radius 3 is 2.50 bits per heavy atom. The summed E-state index contributed by atoms with van der Waals surface area (Å²) in [5.74, 6) is -0.490. The Balaban J connectivity index is 2.18. The molecule has 0 N–H and O–H groups in total. The second kappa shape index (κ2) is 9.61. The lowest BCUT2D eigenvalue weighted by Gasteiger charge is -2.30. The lowest BCUT2D eigenvalue weighted by Crippen LogP contribution is -2.45. The largest absolute Gasteiger partial charge is 0.458 e. The highest BCUT2D eigenvalue weighted by Crippen LogP contribution is 2.21. The SMILES string of the molecule is CC(C(=O)OC(C)(C)C)N(Cc1ccccc1Br)C(=O)OCc1c#cccc1. The number of amides is 1. The Kier molecular flexibility index (Phi) is 7.47. The van der Waals surface area contributed by atoms with Crippen LogP contribution >= 0.6 is 15.9 Å². The molecule has 0 radical (unpaired) electrons. The molecule has 1 unspecified atom stereocenters. The molecule has 0 saturated heterocycles. The average molecular weight is 446 g/mol. The van der Waals surface area contributed by atoms with E-state index in [1.165, 1.54) is 4.90 Å². The summed E-state index contributed by atoms with van der Waals surface area (Å²) >= 11 is 3.48. The van der Waals surface area contributed by atoms with Crippen molar-refractivity contribution in [1.82, 2.24) is 4.90 Å². The van der Waals surface area contributed by atoms with Crippen molar-refractivity contribution < 1.29 is 19.1 Å². The fourth-order valence-electron chi connectivity index (χ4n) is 2.38. The summed E-state index contributed by atoms with van der Waals surface area (Å²) in [7, 11) is 0. The second-order valence-electron chi connectivity index (χ2n) is 7.30. The maximum absolute atomic E-state index is 12.8. The highest BCUT2D eigenvalue weighted by molar-refractivity contribution is 9.10.